The summed E-state index contributed by atoms with van der Waals surface area (Å²) in [7, 11) is 0. The van der Waals surface area contributed by atoms with E-state index in [0.29, 0.717) is 23.9 Å². The second-order valence-corrected chi connectivity index (χ2v) is 8.37. The van der Waals surface area contributed by atoms with Gasteiger partial charge in [0.2, 0.25) is 0 Å². The van der Waals surface area contributed by atoms with Crippen LogP contribution in [0.2, 0.25) is 0 Å². The van der Waals surface area contributed by atoms with Gasteiger partial charge in [0, 0.05) is 50.0 Å². The third kappa shape index (κ3) is 4.28. The number of fused-ring (bicyclic) bond motifs is 1. The molecule has 1 saturated heterocycles. The number of benzene rings is 2. The first-order valence-electron chi connectivity index (χ1n) is 10.8. The van der Waals surface area contributed by atoms with Crippen LogP contribution in [-0.4, -0.2) is 51.8 Å². The van der Waals surface area contributed by atoms with Gasteiger partial charge in [0.25, 0.3) is 0 Å². The maximum Gasteiger partial charge on any atom is 0.160 e. The SMILES string of the molecule is OC1CN(c2cc(Nc3ccc(F)c(F)c3)ncn2)CCC1N1CCc2ccccc2C1. The van der Waals surface area contributed by atoms with E-state index in [1.165, 1.54) is 23.5 Å². The number of rotatable bonds is 4. The van der Waals surface area contributed by atoms with E-state index in [0.717, 1.165) is 44.6 Å². The molecule has 32 heavy (non-hydrogen) atoms. The normalized spacial score (nSPS) is 21.3. The van der Waals surface area contributed by atoms with E-state index in [2.05, 4.69) is 44.5 Å². The summed E-state index contributed by atoms with van der Waals surface area (Å²) in [6.07, 6.45) is 2.77. The van der Waals surface area contributed by atoms with Crippen molar-refractivity contribution in [2.75, 3.05) is 29.9 Å². The van der Waals surface area contributed by atoms with Gasteiger partial charge in [0.1, 0.15) is 18.0 Å². The van der Waals surface area contributed by atoms with Crippen molar-refractivity contribution in [1.82, 2.24) is 14.9 Å². The van der Waals surface area contributed by atoms with Crippen molar-refractivity contribution in [3.05, 3.63) is 77.6 Å². The van der Waals surface area contributed by atoms with Crippen LogP contribution in [0.3, 0.4) is 0 Å². The molecule has 2 atom stereocenters. The van der Waals surface area contributed by atoms with Crippen LogP contribution in [0.25, 0.3) is 0 Å². The van der Waals surface area contributed by atoms with Crippen molar-refractivity contribution in [2.45, 2.75) is 31.5 Å². The van der Waals surface area contributed by atoms with E-state index in [9.17, 15) is 13.9 Å². The summed E-state index contributed by atoms with van der Waals surface area (Å²) < 4.78 is 26.6. The highest BCUT2D eigenvalue weighted by atomic mass is 19.2. The molecular formula is C24H25F2N5O. The number of nitrogens with zero attached hydrogens (tertiary/aromatic N) is 4. The van der Waals surface area contributed by atoms with Gasteiger partial charge < -0.3 is 15.3 Å². The predicted octanol–water partition coefficient (Wildman–Crippen LogP) is 3.50. The number of aromatic nitrogens is 2. The van der Waals surface area contributed by atoms with Crippen molar-refractivity contribution in [3.63, 3.8) is 0 Å². The van der Waals surface area contributed by atoms with Gasteiger partial charge in [-0.25, -0.2) is 18.7 Å². The van der Waals surface area contributed by atoms with E-state index in [4.69, 9.17) is 0 Å². The number of hydrogen-bond donors (Lipinski definition) is 2. The largest absolute Gasteiger partial charge is 0.390 e. The Bertz CT molecular complexity index is 1110. The molecule has 6 nitrogen and oxygen atoms in total. The molecule has 3 aromatic rings. The van der Waals surface area contributed by atoms with Crippen LogP contribution in [-0.2, 0) is 13.0 Å². The molecule has 0 bridgehead atoms. The highest BCUT2D eigenvalue weighted by Gasteiger charge is 2.34. The van der Waals surface area contributed by atoms with Crippen molar-refractivity contribution >= 4 is 17.3 Å². The molecular weight excluding hydrogens is 412 g/mol. The Labute approximate surface area is 185 Å². The summed E-state index contributed by atoms with van der Waals surface area (Å²) in [5, 5.41) is 13.9. The first kappa shape index (κ1) is 20.8. The second kappa shape index (κ2) is 8.80. The Kier molecular flexibility index (Phi) is 5.71. The second-order valence-electron chi connectivity index (χ2n) is 8.37. The summed E-state index contributed by atoms with van der Waals surface area (Å²) in [5.74, 6) is -0.653. The molecule has 0 radical (unpaired) electrons. The molecule has 8 heteroatoms. The lowest BCUT2D eigenvalue weighted by atomic mass is 9.94. The topological polar surface area (TPSA) is 64.5 Å². The quantitative estimate of drug-likeness (QED) is 0.652. The molecule has 0 saturated carbocycles. The zero-order chi connectivity index (χ0) is 22.1. The molecule has 2 aliphatic heterocycles. The summed E-state index contributed by atoms with van der Waals surface area (Å²) in [6.45, 7) is 3.06. The lowest BCUT2D eigenvalue weighted by Crippen LogP contribution is -2.55. The number of piperidine rings is 1. The van der Waals surface area contributed by atoms with E-state index in [-0.39, 0.29) is 6.04 Å². The number of anilines is 3. The maximum atomic E-state index is 13.5. The van der Waals surface area contributed by atoms with Gasteiger partial charge in [0.15, 0.2) is 11.6 Å². The van der Waals surface area contributed by atoms with Gasteiger partial charge in [-0.15, -0.1) is 0 Å². The van der Waals surface area contributed by atoms with Crippen LogP contribution in [0.15, 0.2) is 54.9 Å². The molecule has 3 heterocycles. The van der Waals surface area contributed by atoms with E-state index < -0.39 is 17.7 Å². The molecule has 2 N–H and O–H groups in total. The summed E-state index contributed by atoms with van der Waals surface area (Å²) in [4.78, 5) is 13.0. The van der Waals surface area contributed by atoms with Crippen LogP contribution in [0, 0.1) is 11.6 Å². The number of aliphatic hydroxyl groups excluding tert-OH is 1. The first-order valence-corrected chi connectivity index (χ1v) is 10.8. The number of aliphatic hydroxyl groups is 1. The lowest BCUT2D eigenvalue weighted by molar-refractivity contribution is 0.0293. The molecule has 0 spiro atoms. The summed E-state index contributed by atoms with van der Waals surface area (Å²) in [5.41, 5.74) is 3.15. The molecule has 5 rings (SSSR count). The van der Waals surface area contributed by atoms with Gasteiger partial charge in [-0.05, 0) is 36.1 Å². The highest BCUT2D eigenvalue weighted by Crippen LogP contribution is 2.28. The minimum Gasteiger partial charge on any atom is -0.390 e. The minimum absolute atomic E-state index is 0.112. The van der Waals surface area contributed by atoms with Gasteiger partial charge in [-0.2, -0.15) is 0 Å². The Morgan fingerprint density at radius 2 is 1.81 bits per heavy atom. The number of nitrogens with one attached hydrogen (secondary N) is 1. The zero-order valence-corrected chi connectivity index (χ0v) is 17.6. The Balaban J connectivity index is 1.25. The van der Waals surface area contributed by atoms with Crippen LogP contribution >= 0.6 is 0 Å². The molecule has 0 amide bonds. The number of β-amino-alcohol motifs (C(OH)–C–C–N with tert-alkyl or cyclic N) is 1. The van der Waals surface area contributed by atoms with Crippen molar-refractivity contribution in [1.29, 1.82) is 0 Å². The Morgan fingerprint density at radius 1 is 0.969 bits per heavy atom. The molecule has 1 aromatic heterocycles. The third-order valence-electron chi connectivity index (χ3n) is 6.34. The predicted molar refractivity (Wildman–Crippen MR) is 119 cm³/mol. The van der Waals surface area contributed by atoms with E-state index in [1.807, 2.05) is 4.90 Å². The number of halogens is 2. The van der Waals surface area contributed by atoms with E-state index in [1.54, 1.807) is 6.07 Å². The minimum atomic E-state index is -0.921. The fraction of sp³-hybridized carbons (Fsp3) is 0.333. The molecule has 0 aliphatic carbocycles. The third-order valence-corrected chi connectivity index (χ3v) is 6.34. The fourth-order valence-corrected chi connectivity index (χ4v) is 4.66. The van der Waals surface area contributed by atoms with Gasteiger partial charge in [-0.3, -0.25) is 4.90 Å². The zero-order valence-electron chi connectivity index (χ0n) is 17.6. The molecule has 2 unspecified atom stereocenters. The molecule has 1 fully saturated rings. The van der Waals surface area contributed by atoms with Crippen LogP contribution in [0.5, 0.6) is 0 Å². The maximum absolute atomic E-state index is 13.5. The van der Waals surface area contributed by atoms with Crippen LogP contribution < -0.4 is 10.2 Å². The van der Waals surface area contributed by atoms with Gasteiger partial charge in [-0.1, -0.05) is 24.3 Å². The van der Waals surface area contributed by atoms with Gasteiger partial charge >= 0.3 is 0 Å². The van der Waals surface area contributed by atoms with Crippen LogP contribution in [0.4, 0.5) is 26.1 Å². The smallest absolute Gasteiger partial charge is 0.160 e. The Morgan fingerprint density at radius 3 is 2.62 bits per heavy atom. The van der Waals surface area contributed by atoms with Gasteiger partial charge in [0.05, 0.1) is 6.10 Å². The summed E-state index contributed by atoms with van der Waals surface area (Å²) in [6, 6.07) is 14.0. The van der Waals surface area contributed by atoms with Crippen molar-refractivity contribution in [2.24, 2.45) is 0 Å². The average molecular weight is 437 g/mol. The first-order chi connectivity index (χ1) is 15.6. The van der Waals surface area contributed by atoms with Crippen molar-refractivity contribution < 1.29 is 13.9 Å². The van der Waals surface area contributed by atoms with Crippen LogP contribution in [0.1, 0.15) is 17.5 Å². The van der Waals surface area contributed by atoms with Crippen molar-refractivity contribution in [3.8, 4) is 0 Å². The molecule has 2 aromatic carbocycles. The lowest BCUT2D eigenvalue weighted by Gasteiger charge is -2.43. The number of hydrogen-bond acceptors (Lipinski definition) is 6. The highest BCUT2D eigenvalue weighted by molar-refractivity contribution is 5.59. The molecule has 166 valence electrons. The summed E-state index contributed by atoms with van der Waals surface area (Å²) >= 11 is 0. The Hall–Kier alpha value is -3.10. The standard InChI is InChI=1S/C24H25F2N5O/c25-19-6-5-18(11-20(19)26)29-23-12-24(28-15-27-23)31-10-8-21(22(32)14-31)30-9-7-16-3-1-2-4-17(16)13-30/h1-6,11-12,15,21-22,32H,7-10,13-14H2,(H,27,28,29). The fourth-order valence-electron chi connectivity index (χ4n) is 4.66. The average Bonchev–Trinajstić information content (AvgIpc) is 2.81. The van der Waals surface area contributed by atoms with E-state index >= 15 is 0 Å². The molecule has 2 aliphatic rings. The monoisotopic (exact) mass is 437 g/mol.